The van der Waals surface area contributed by atoms with Gasteiger partial charge in [-0.3, -0.25) is 0 Å². The van der Waals surface area contributed by atoms with Gasteiger partial charge in [0.25, 0.3) is 10.0 Å². The highest BCUT2D eigenvalue weighted by atomic mass is 32.2. The van der Waals surface area contributed by atoms with E-state index in [2.05, 4.69) is 15.0 Å². The van der Waals surface area contributed by atoms with Crippen LogP contribution >= 0.6 is 0 Å². The lowest BCUT2D eigenvalue weighted by molar-refractivity contribution is 0.0386. The summed E-state index contributed by atoms with van der Waals surface area (Å²) in [5.74, 6) is 0. The van der Waals surface area contributed by atoms with E-state index in [9.17, 15) is 8.42 Å². The van der Waals surface area contributed by atoms with Crippen molar-refractivity contribution < 1.29 is 13.2 Å². The molecule has 0 aromatic carbocycles. The molecule has 1 aromatic rings. The zero-order valence-corrected chi connectivity index (χ0v) is 13.4. The molecule has 1 atom stereocenters. The van der Waals surface area contributed by atoms with Crippen LogP contribution < -0.4 is 10.0 Å². The first-order valence-electron chi connectivity index (χ1n) is 7.22. The number of pyridine rings is 1. The molecule has 1 fully saturated rings. The van der Waals surface area contributed by atoms with E-state index in [1.165, 1.54) is 0 Å². The Bertz CT molecular complexity index is 551. The summed E-state index contributed by atoms with van der Waals surface area (Å²) < 4.78 is 32.9. The fraction of sp³-hybridized carbons (Fsp3) is 0.643. The summed E-state index contributed by atoms with van der Waals surface area (Å²) in [6.07, 6.45) is 3.22. The van der Waals surface area contributed by atoms with Crippen LogP contribution in [0.3, 0.4) is 0 Å². The maximum atomic E-state index is 12.4. The first-order chi connectivity index (χ1) is 9.95. The number of sulfonamides is 1. The number of hydrogen-bond donors (Lipinski definition) is 2. The van der Waals surface area contributed by atoms with Gasteiger partial charge in [0.05, 0.1) is 12.1 Å². The lowest BCUT2D eigenvalue weighted by Gasteiger charge is -2.33. The minimum Gasteiger partial charge on any atom is -0.380 e. The first kappa shape index (κ1) is 16.4. The van der Waals surface area contributed by atoms with Gasteiger partial charge in [0.1, 0.15) is 0 Å². The molecule has 0 radical (unpaired) electrons. The van der Waals surface area contributed by atoms with Gasteiger partial charge in [-0.2, -0.15) is 0 Å². The van der Waals surface area contributed by atoms with E-state index in [-0.39, 0.29) is 5.03 Å². The summed E-state index contributed by atoms with van der Waals surface area (Å²) in [5.41, 5.74) is 0.407. The molecule has 1 aliphatic rings. The number of nitrogens with zero attached hydrogens (tertiary/aromatic N) is 1. The maximum absolute atomic E-state index is 12.4. The molecule has 1 unspecified atom stereocenters. The normalized spacial score (nSPS) is 23.1. The lowest BCUT2D eigenvalue weighted by atomic mass is 9.97. The Labute approximate surface area is 126 Å². The maximum Gasteiger partial charge on any atom is 0.258 e. The first-order valence-corrected chi connectivity index (χ1v) is 8.71. The fourth-order valence-electron chi connectivity index (χ4n) is 2.33. The summed E-state index contributed by atoms with van der Waals surface area (Å²) in [6.45, 7) is 6.51. The molecule has 0 aliphatic carbocycles. The van der Waals surface area contributed by atoms with Crippen LogP contribution in [0, 0.1) is 0 Å². The van der Waals surface area contributed by atoms with Gasteiger partial charge in [0.2, 0.25) is 0 Å². The van der Waals surface area contributed by atoms with Crippen LogP contribution in [0.1, 0.15) is 32.3 Å². The second-order valence-electron chi connectivity index (χ2n) is 5.61. The van der Waals surface area contributed by atoms with Crippen molar-refractivity contribution in [2.24, 2.45) is 0 Å². The van der Waals surface area contributed by atoms with Gasteiger partial charge in [0.15, 0.2) is 5.03 Å². The predicted octanol–water partition coefficient (Wildman–Crippen LogP) is 1.04. The number of hydrogen-bond acceptors (Lipinski definition) is 5. The highest BCUT2D eigenvalue weighted by Crippen LogP contribution is 2.21. The minimum absolute atomic E-state index is 0.0505. The summed E-state index contributed by atoms with van der Waals surface area (Å²) in [7, 11) is -3.62. The molecule has 1 saturated heterocycles. The van der Waals surface area contributed by atoms with Crippen LogP contribution in [0.4, 0.5) is 0 Å². The molecule has 0 spiro atoms. The van der Waals surface area contributed by atoms with E-state index in [4.69, 9.17) is 4.74 Å². The molecular formula is C14H23N3O3S. The molecule has 118 valence electrons. The van der Waals surface area contributed by atoms with E-state index in [1.807, 2.05) is 13.8 Å². The van der Waals surface area contributed by atoms with Crippen LogP contribution in [0.25, 0.3) is 0 Å². The van der Waals surface area contributed by atoms with Crippen LogP contribution in [0.15, 0.2) is 23.4 Å². The highest BCUT2D eigenvalue weighted by Gasteiger charge is 2.33. The monoisotopic (exact) mass is 313 g/mol. The molecule has 1 aromatic heterocycles. The third-order valence-corrected chi connectivity index (χ3v) is 5.02. The Morgan fingerprint density at radius 2 is 2.24 bits per heavy atom. The zero-order valence-electron chi connectivity index (χ0n) is 12.6. The number of aromatic nitrogens is 1. The van der Waals surface area contributed by atoms with Gasteiger partial charge in [-0.05, 0) is 37.9 Å². The van der Waals surface area contributed by atoms with Crippen molar-refractivity contribution >= 4 is 10.0 Å². The lowest BCUT2D eigenvalue weighted by Crippen LogP contribution is -2.51. The van der Waals surface area contributed by atoms with E-state index < -0.39 is 15.6 Å². The molecule has 7 heteroatoms. The summed E-state index contributed by atoms with van der Waals surface area (Å²) in [4.78, 5) is 4.07. The average molecular weight is 313 g/mol. The Morgan fingerprint density at radius 1 is 1.43 bits per heavy atom. The van der Waals surface area contributed by atoms with Crippen molar-refractivity contribution in [2.45, 2.75) is 43.8 Å². The number of ether oxygens (including phenoxy) is 1. The van der Waals surface area contributed by atoms with Crippen LogP contribution in [-0.4, -0.2) is 38.7 Å². The Morgan fingerprint density at radius 3 is 2.81 bits per heavy atom. The summed E-state index contributed by atoms with van der Waals surface area (Å²) in [6, 6.07) is 3.33. The standard InChI is InChI=1S/C14H23N3O3S/c1-3-15-9-12-5-6-13(16-10-12)21(18,19)17-14(2)7-4-8-20-11-14/h5-6,10,15,17H,3-4,7-9,11H2,1-2H3. The van der Waals surface area contributed by atoms with Gasteiger partial charge < -0.3 is 10.1 Å². The molecule has 1 aliphatic heterocycles. The molecule has 21 heavy (non-hydrogen) atoms. The Hall–Kier alpha value is -1.02. The molecule has 2 N–H and O–H groups in total. The second kappa shape index (κ2) is 6.83. The van der Waals surface area contributed by atoms with Crippen molar-refractivity contribution in [3.05, 3.63) is 23.9 Å². The van der Waals surface area contributed by atoms with Crippen molar-refractivity contribution in [3.63, 3.8) is 0 Å². The highest BCUT2D eigenvalue weighted by molar-refractivity contribution is 7.89. The van der Waals surface area contributed by atoms with E-state index in [0.717, 1.165) is 24.9 Å². The molecule has 0 amide bonds. The quantitative estimate of drug-likeness (QED) is 0.820. The van der Waals surface area contributed by atoms with Crippen LogP contribution in [-0.2, 0) is 21.3 Å². The Balaban J connectivity index is 2.08. The fourth-order valence-corrected chi connectivity index (χ4v) is 3.69. The SMILES string of the molecule is CCNCc1ccc(S(=O)(=O)NC2(C)CCCOC2)nc1. The van der Waals surface area contributed by atoms with Gasteiger partial charge in [-0.25, -0.2) is 18.1 Å². The third kappa shape index (κ3) is 4.47. The van der Waals surface area contributed by atoms with Crippen molar-refractivity contribution in [3.8, 4) is 0 Å². The number of nitrogens with one attached hydrogen (secondary N) is 2. The average Bonchev–Trinajstić information content (AvgIpc) is 2.45. The van der Waals surface area contributed by atoms with Gasteiger partial charge in [-0.15, -0.1) is 0 Å². The smallest absolute Gasteiger partial charge is 0.258 e. The number of rotatable bonds is 6. The van der Waals surface area contributed by atoms with Crippen LogP contribution in [0.5, 0.6) is 0 Å². The predicted molar refractivity (Wildman–Crippen MR) is 80.4 cm³/mol. The van der Waals surface area contributed by atoms with Gasteiger partial charge >= 0.3 is 0 Å². The van der Waals surface area contributed by atoms with E-state index >= 15 is 0 Å². The zero-order chi connectivity index (χ0) is 15.3. The van der Waals surface area contributed by atoms with Crippen molar-refractivity contribution in [2.75, 3.05) is 19.8 Å². The molecule has 0 bridgehead atoms. The van der Waals surface area contributed by atoms with E-state index in [1.54, 1.807) is 18.3 Å². The molecular weight excluding hydrogens is 290 g/mol. The van der Waals surface area contributed by atoms with E-state index in [0.29, 0.717) is 19.8 Å². The third-order valence-electron chi connectivity index (χ3n) is 3.47. The van der Waals surface area contributed by atoms with Crippen molar-refractivity contribution in [1.82, 2.24) is 15.0 Å². The molecule has 2 rings (SSSR count). The van der Waals surface area contributed by atoms with Gasteiger partial charge in [-0.1, -0.05) is 13.0 Å². The molecule has 6 nitrogen and oxygen atoms in total. The van der Waals surface area contributed by atoms with Crippen LogP contribution in [0.2, 0.25) is 0 Å². The largest absolute Gasteiger partial charge is 0.380 e. The summed E-state index contributed by atoms with van der Waals surface area (Å²) in [5, 5.41) is 3.22. The van der Waals surface area contributed by atoms with Gasteiger partial charge in [0, 0.05) is 19.3 Å². The van der Waals surface area contributed by atoms with Crippen molar-refractivity contribution in [1.29, 1.82) is 0 Å². The topological polar surface area (TPSA) is 80.3 Å². The second-order valence-corrected chi connectivity index (χ2v) is 7.24. The minimum atomic E-state index is -3.62. The molecule has 2 heterocycles. The molecule has 0 saturated carbocycles. The summed E-state index contributed by atoms with van der Waals surface area (Å²) >= 11 is 0. The Kier molecular flexibility index (Phi) is 5.32.